The molecule has 3 amide bonds. The van der Waals surface area contributed by atoms with Gasteiger partial charge in [0.05, 0.1) is 26.4 Å². The number of ether oxygens (including phenoxy) is 3. The summed E-state index contributed by atoms with van der Waals surface area (Å²) in [5, 5.41) is 14.2. The molecule has 0 heterocycles. The van der Waals surface area contributed by atoms with Crippen LogP contribution in [0, 0.1) is 0 Å². The fourth-order valence-corrected chi connectivity index (χ4v) is 4.20. The second-order valence-corrected chi connectivity index (χ2v) is 11.6. The second kappa shape index (κ2) is 48.2. The highest BCUT2D eigenvalue weighted by molar-refractivity contribution is 5.76. The van der Waals surface area contributed by atoms with E-state index in [1.54, 1.807) is 6.92 Å². The molecular weight excluding hydrogens is 646 g/mol. The van der Waals surface area contributed by atoms with Gasteiger partial charge in [-0.15, -0.1) is 0 Å². The topological polar surface area (TPSA) is 200 Å². The minimum Gasteiger partial charge on any atom is -0.481 e. The monoisotopic (exact) mass is 720 g/mol. The molecule has 50 heavy (non-hydrogen) atoms. The van der Waals surface area contributed by atoms with E-state index in [9.17, 15) is 24.0 Å². The van der Waals surface area contributed by atoms with Crippen molar-refractivity contribution in [2.75, 3.05) is 52.7 Å². The smallest absolute Gasteiger partial charge is 0.303 e. The van der Waals surface area contributed by atoms with Gasteiger partial charge in [-0.3, -0.25) is 19.2 Å². The summed E-state index contributed by atoms with van der Waals surface area (Å²) in [5.74, 6) is -0.641. The number of primary amides is 1. The van der Waals surface area contributed by atoms with E-state index in [4.69, 9.17) is 24.1 Å². The Morgan fingerprint density at radius 3 is 1.28 bits per heavy atom. The van der Waals surface area contributed by atoms with E-state index in [0.717, 1.165) is 32.0 Å². The fourth-order valence-electron chi connectivity index (χ4n) is 4.20. The van der Waals surface area contributed by atoms with Gasteiger partial charge in [-0.2, -0.15) is 0 Å². The molecule has 0 saturated heterocycles. The number of aldehydes is 1. The summed E-state index contributed by atoms with van der Waals surface area (Å²) in [6.07, 6.45) is 19.8. The Labute approximate surface area is 302 Å². The average molecular weight is 720 g/mol. The third-order valence-electron chi connectivity index (χ3n) is 7.09. The van der Waals surface area contributed by atoms with Gasteiger partial charge in [0.2, 0.25) is 18.2 Å². The standard InChI is InChI=1S/C31H58N2O8.C4H8O.CH3NO.CH4/c34-22-13-11-9-7-5-3-1-2-4-6-8-10-12-17-29(35)32-20-15-23-39-25-27-41-28-26-40-24-16-21-33-30(36)18-14-19-31(37)38;1-3-4(2)5;2-1-3;/h22H,1-21,23-28H2,(H,32,35)(H,33,36)(H,37,38);3H2,1-2H3;1H,(H2,2,3);1H4. The summed E-state index contributed by atoms with van der Waals surface area (Å²) in [7, 11) is 0. The number of hydrogen-bond donors (Lipinski definition) is 4. The Morgan fingerprint density at radius 1 is 0.580 bits per heavy atom. The highest BCUT2D eigenvalue weighted by Crippen LogP contribution is 2.12. The maximum Gasteiger partial charge on any atom is 0.303 e. The van der Waals surface area contributed by atoms with Crippen LogP contribution >= 0.6 is 0 Å². The van der Waals surface area contributed by atoms with Crippen LogP contribution in [0.2, 0.25) is 0 Å². The second-order valence-electron chi connectivity index (χ2n) is 11.6. The fraction of sp³-hybridized carbons (Fsp3) is 0.838. The van der Waals surface area contributed by atoms with Crippen LogP contribution in [0.3, 0.4) is 0 Å². The van der Waals surface area contributed by atoms with Crippen molar-refractivity contribution in [1.82, 2.24) is 10.6 Å². The van der Waals surface area contributed by atoms with Gasteiger partial charge < -0.3 is 45.3 Å². The molecule has 0 atom stereocenters. The summed E-state index contributed by atoms with van der Waals surface area (Å²) in [4.78, 5) is 62.5. The molecule has 0 unspecified atom stereocenters. The van der Waals surface area contributed by atoms with Gasteiger partial charge in [0, 0.05) is 58.4 Å². The van der Waals surface area contributed by atoms with Crippen LogP contribution < -0.4 is 16.4 Å². The molecule has 0 aliphatic heterocycles. The van der Waals surface area contributed by atoms with Crippen LogP contribution in [0.15, 0.2) is 0 Å². The first-order valence-corrected chi connectivity index (χ1v) is 18.3. The maximum atomic E-state index is 11.9. The first kappa shape index (κ1) is 53.9. The number of rotatable bonds is 34. The molecule has 0 bridgehead atoms. The third kappa shape index (κ3) is 57.4. The largest absolute Gasteiger partial charge is 0.481 e. The number of amides is 3. The number of nitrogens with two attached hydrogens (primary N) is 1. The average Bonchev–Trinajstić information content (AvgIpc) is 3.07. The van der Waals surface area contributed by atoms with Crippen molar-refractivity contribution < 1.29 is 48.1 Å². The van der Waals surface area contributed by atoms with Crippen LogP contribution in [-0.4, -0.2) is 94.1 Å². The SMILES string of the molecule is C.CCC(C)=O.NC=O.O=CCCCCCCCCCCCCCCC(=O)NCCCOCCOCCOCCCNC(=O)CCCC(=O)O. The Bertz CT molecular complexity index is 785. The normalized spacial score (nSPS) is 9.96. The van der Waals surface area contributed by atoms with Crippen molar-refractivity contribution in [3.63, 3.8) is 0 Å². The molecule has 0 aliphatic rings. The van der Waals surface area contributed by atoms with Crippen LogP contribution in [0.25, 0.3) is 0 Å². The lowest BCUT2D eigenvalue weighted by Gasteiger charge is -2.08. The highest BCUT2D eigenvalue weighted by atomic mass is 16.5. The van der Waals surface area contributed by atoms with Crippen LogP contribution in [0.4, 0.5) is 0 Å². The molecule has 0 fully saturated rings. The molecule has 296 valence electrons. The van der Waals surface area contributed by atoms with Gasteiger partial charge in [-0.1, -0.05) is 78.6 Å². The van der Waals surface area contributed by atoms with E-state index in [2.05, 4.69) is 16.4 Å². The zero-order valence-corrected chi connectivity index (χ0v) is 30.7. The maximum absolute atomic E-state index is 11.9. The summed E-state index contributed by atoms with van der Waals surface area (Å²) in [6.45, 7) is 7.63. The number of hydrogen-bond acceptors (Lipinski definition) is 9. The number of aliphatic carboxylic acids is 1. The molecule has 0 aromatic rings. The van der Waals surface area contributed by atoms with Crippen LogP contribution in [0.5, 0.6) is 0 Å². The summed E-state index contributed by atoms with van der Waals surface area (Å²) in [6, 6.07) is 0. The minimum absolute atomic E-state index is 0. The summed E-state index contributed by atoms with van der Waals surface area (Å²) in [5.41, 5.74) is 4.17. The zero-order valence-electron chi connectivity index (χ0n) is 30.7. The van der Waals surface area contributed by atoms with Crippen molar-refractivity contribution in [3.8, 4) is 0 Å². The molecule has 0 aliphatic carbocycles. The molecule has 0 saturated carbocycles. The molecular formula is C37H73N3O10. The quantitative estimate of drug-likeness (QED) is 0.0473. The van der Waals surface area contributed by atoms with Gasteiger partial charge in [0.15, 0.2) is 0 Å². The molecule has 13 nitrogen and oxygen atoms in total. The predicted molar refractivity (Wildman–Crippen MR) is 198 cm³/mol. The van der Waals surface area contributed by atoms with E-state index >= 15 is 0 Å². The van der Waals surface area contributed by atoms with E-state index in [1.165, 1.54) is 57.8 Å². The van der Waals surface area contributed by atoms with Crippen molar-refractivity contribution >= 4 is 36.3 Å². The van der Waals surface area contributed by atoms with Crippen molar-refractivity contribution in [3.05, 3.63) is 0 Å². The summed E-state index contributed by atoms with van der Waals surface area (Å²) < 4.78 is 16.4. The summed E-state index contributed by atoms with van der Waals surface area (Å²) >= 11 is 0. The highest BCUT2D eigenvalue weighted by Gasteiger charge is 2.03. The van der Waals surface area contributed by atoms with Crippen LogP contribution in [-0.2, 0) is 43.0 Å². The number of carboxylic acids is 1. The number of carbonyl (C=O) groups excluding carboxylic acids is 5. The Morgan fingerprint density at radius 2 is 0.920 bits per heavy atom. The lowest BCUT2D eigenvalue weighted by atomic mass is 10.0. The Kier molecular flexibility index (Phi) is 52.0. The number of ketones is 1. The number of carboxylic acid groups (broad SMARTS) is 1. The molecule has 0 radical (unpaired) electrons. The van der Waals surface area contributed by atoms with Gasteiger partial charge in [0.25, 0.3) is 0 Å². The van der Waals surface area contributed by atoms with E-state index < -0.39 is 5.97 Å². The predicted octanol–water partition coefficient (Wildman–Crippen LogP) is 5.69. The van der Waals surface area contributed by atoms with Crippen molar-refractivity contribution in [1.29, 1.82) is 0 Å². The Balaban J connectivity index is -0.00000105. The molecule has 0 rings (SSSR count). The first-order valence-electron chi connectivity index (χ1n) is 18.3. The van der Waals surface area contributed by atoms with Gasteiger partial charge >= 0.3 is 5.97 Å². The van der Waals surface area contributed by atoms with Gasteiger partial charge in [-0.05, 0) is 39.0 Å². The number of unbranched alkanes of at least 4 members (excludes halogenated alkanes) is 12. The third-order valence-corrected chi connectivity index (χ3v) is 7.09. The first-order chi connectivity index (χ1) is 23.7. The molecule has 0 spiro atoms. The van der Waals surface area contributed by atoms with Gasteiger partial charge in [-0.25, -0.2) is 0 Å². The minimum atomic E-state index is -0.887. The number of nitrogens with one attached hydrogen (secondary N) is 2. The van der Waals surface area contributed by atoms with Crippen molar-refractivity contribution in [2.45, 2.75) is 150 Å². The van der Waals surface area contributed by atoms with E-state index in [-0.39, 0.29) is 44.3 Å². The zero-order chi connectivity index (χ0) is 37.1. The van der Waals surface area contributed by atoms with Crippen LogP contribution in [0.1, 0.15) is 150 Å². The lowest BCUT2D eigenvalue weighted by molar-refractivity contribution is -0.137. The molecule has 5 N–H and O–H groups in total. The van der Waals surface area contributed by atoms with E-state index in [0.29, 0.717) is 84.8 Å². The lowest BCUT2D eigenvalue weighted by Crippen LogP contribution is -2.25. The van der Waals surface area contributed by atoms with E-state index in [1.807, 2.05) is 6.92 Å². The molecule has 13 heteroatoms. The molecule has 0 aromatic carbocycles. The Hall–Kier alpha value is -2.90. The number of Topliss-reactive ketones (excluding diaryl/α,β-unsaturated/α-hetero) is 1. The van der Waals surface area contributed by atoms with Crippen molar-refractivity contribution in [2.24, 2.45) is 5.73 Å². The molecule has 0 aromatic heterocycles. The number of carbonyl (C=O) groups is 6. The van der Waals surface area contributed by atoms with Gasteiger partial charge in [0.1, 0.15) is 12.1 Å².